The number of nitrogens with one attached hydrogen (secondary N) is 1. The lowest BCUT2D eigenvalue weighted by molar-refractivity contribution is 0.102. The maximum absolute atomic E-state index is 12.2. The monoisotopic (exact) mass is 329 g/mol. The van der Waals surface area contributed by atoms with Gasteiger partial charge in [0.05, 0.1) is 11.3 Å². The van der Waals surface area contributed by atoms with E-state index in [1.807, 2.05) is 47.9 Å². The van der Waals surface area contributed by atoms with Crippen LogP contribution in [0.2, 0.25) is 0 Å². The van der Waals surface area contributed by atoms with Gasteiger partial charge in [0.1, 0.15) is 5.65 Å². The number of rotatable bonds is 2. The maximum Gasteiger partial charge on any atom is 0.257 e. The largest absolute Gasteiger partial charge is 0.322 e. The number of imidazole rings is 1. The van der Waals surface area contributed by atoms with Crippen molar-refractivity contribution in [2.75, 3.05) is 5.32 Å². The Balaban J connectivity index is 1.88. The van der Waals surface area contributed by atoms with Crippen molar-refractivity contribution in [3.05, 3.63) is 64.5 Å². The molecule has 0 radical (unpaired) electrons. The number of carbonyl (C=O) groups is 1. The summed E-state index contributed by atoms with van der Waals surface area (Å²) in [4.78, 5) is 16.5. The molecular weight excluding hydrogens is 318 g/mol. The SMILES string of the molecule is Cc1cn2cc(C(=O)Nc3cccc(Br)c3)ccc2n1. The van der Waals surface area contributed by atoms with Crippen LogP contribution in [0.25, 0.3) is 5.65 Å². The molecule has 0 saturated carbocycles. The number of amides is 1. The number of hydrogen-bond acceptors (Lipinski definition) is 2. The van der Waals surface area contributed by atoms with Crippen LogP contribution < -0.4 is 5.32 Å². The van der Waals surface area contributed by atoms with Gasteiger partial charge < -0.3 is 9.72 Å². The quantitative estimate of drug-likeness (QED) is 0.779. The Morgan fingerprint density at radius 1 is 1.25 bits per heavy atom. The summed E-state index contributed by atoms with van der Waals surface area (Å²) in [5, 5.41) is 2.87. The van der Waals surface area contributed by atoms with Crippen LogP contribution in [0.1, 0.15) is 16.1 Å². The Morgan fingerprint density at radius 3 is 2.90 bits per heavy atom. The third kappa shape index (κ3) is 2.58. The summed E-state index contributed by atoms with van der Waals surface area (Å²) in [7, 11) is 0. The van der Waals surface area contributed by atoms with Crippen molar-refractivity contribution in [1.82, 2.24) is 9.38 Å². The van der Waals surface area contributed by atoms with Gasteiger partial charge in [-0.3, -0.25) is 4.79 Å². The Morgan fingerprint density at radius 2 is 2.10 bits per heavy atom. The van der Waals surface area contributed by atoms with Crippen molar-refractivity contribution in [2.24, 2.45) is 0 Å². The Bertz CT molecular complexity index is 795. The summed E-state index contributed by atoms with van der Waals surface area (Å²) in [6.07, 6.45) is 3.67. The van der Waals surface area contributed by atoms with Gasteiger partial charge in [-0.25, -0.2) is 4.98 Å². The zero-order valence-electron chi connectivity index (χ0n) is 10.8. The summed E-state index contributed by atoms with van der Waals surface area (Å²) in [6.45, 7) is 1.92. The van der Waals surface area contributed by atoms with Crippen molar-refractivity contribution in [1.29, 1.82) is 0 Å². The van der Waals surface area contributed by atoms with Crippen LogP contribution >= 0.6 is 15.9 Å². The van der Waals surface area contributed by atoms with Crippen LogP contribution in [-0.2, 0) is 0 Å². The summed E-state index contributed by atoms with van der Waals surface area (Å²) in [6, 6.07) is 11.1. The van der Waals surface area contributed by atoms with Crippen LogP contribution in [0.3, 0.4) is 0 Å². The maximum atomic E-state index is 12.2. The average molecular weight is 330 g/mol. The van der Waals surface area contributed by atoms with Crippen LogP contribution in [0.5, 0.6) is 0 Å². The number of halogens is 1. The van der Waals surface area contributed by atoms with Crippen molar-refractivity contribution in [2.45, 2.75) is 6.92 Å². The summed E-state index contributed by atoms with van der Waals surface area (Å²) in [5.41, 5.74) is 3.11. The molecule has 0 aliphatic rings. The first kappa shape index (κ1) is 12.9. The van der Waals surface area contributed by atoms with Crippen molar-refractivity contribution in [3.63, 3.8) is 0 Å². The minimum Gasteiger partial charge on any atom is -0.322 e. The van der Waals surface area contributed by atoms with E-state index in [1.54, 1.807) is 12.3 Å². The molecule has 100 valence electrons. The molecule has 1 N–H and O–H groups in total. The van der Waals surface area contributed by atoms with E-state index in [2.05, 4.69) is 26.2 Å². The summed E-state index contributed by atoms with van der Waals surface area (Å²) in [5.74, 6) is -0.142. The first-order chi connectivity index (χ1) is 9.61. The fraction of sp³-hybridized carbons (Fsp3) is 0.0667. The molecule has 0 aliphatic heterocycles. The highest BCUT2D eigenvalue weighted by atomic mass is 79.9. The van der Waals surface area contributed by atoms with Gasteiger partial charge in [0.25, 0.3) is 5.91 Å². The van der Waals surface area contributed by atoms with E-state index in [9.17, 15) is 4.79 Å². The first-order valence-electron chi connectivity index (χ1n) is 6.14. The molecule has 4 nitrogen and oxygen atoms in total. The second-order valence-electron chi connectivity index (χ2n) is 4.53. The molecule has 1 aromatic carbocycles. The third-order valence-corrected chi connectivity index (χ3v) is 3.41. The van der Waals surface area contributed by atoms with E-state index >= 15 is 0 Å². The highest BCUT2D eigenvalue weighted by Gasteiger charge is 2.08. The molecule has 0 atom stereocenters. The van der Waals surface area contributed by atoms with Crippen molar-refractivity contribution in [3.8, 4) is 0 Å². The van der Waals surface area contributed by atoms with Crippen molar-refractivity contribution < 1.29 is 4.79 Å². The average Bonchev–Trinajstić information content (AvgIpc) is 2.77. The predicted octanol–water partition coefficient (Wildman–Crippen LogP) is 3.66. The van der Waals surface area contributed by atoms with E-state index in [-0.39, 0.29) is 5.91 Å². The highest BCUT2D eigenvalue weighted by Crippen LogP contribution is 2.17. The predicted molar refractivity (Wildman–Crippen MR) is 82.0 cm³/mol. The third-order valence-electron chi connectivity index (χ3n) is 2.92. The van der Waals surface area contributed by atoms with E-state index < -0.39 is 0 Å². The molecule has 2 aromatic heterocycles. The molecule has 0 bridgehead atoms. The minimum atomic E-state index is -0.142. The van der Waals surface area contributed by atoms with E-state index in [0.29, 0.717) is 5.56 Å². The van der Waals surface area contributed by atoms with E-state index in [1.165, 1.54) is 0 Å². The molecule has 0 aliphatic carbocycles. The first-order valence-corrected chi connectivity index (χ1v) is 6.93. The lowest BCUT2D eigenvalue weighted by Gasteiger charge is -2.06. The lowest BCUT2D eigenvalue weighted by Crippen LogP contribution is -2.12. The van der Waals surface area contributed by atoms with Gasteiger partial charge >= 0.3 is 0 Å². The van der Waals surface area contributed by atoms with Gasteiger partial charge in [-0.05, 0) is 37.3 Å². The second kappa shape index (κ2) is 5.09. The van der Waals surface area contributed by atoms with Crippen molar-refractivity contribution >= 4 is 33.2 Å². The number of hydrogen-bond donors (Lipinski definition) is 1. The molecule has 3 rings (SSSR count). The lowest BCUT2D eigenvalue weighted by atomic mass is 10.2. The number of aryl methyl sites for hydroxylation is 1. The van der Waals surface area contributed by atoms with E-state index in [0.717, 1.165) is 21.5 Å². The van der Waals surface area contributed by atoms with Gasteiger partial charge in [-0.2, -0.15) is 0 Å². The summed E-state index contributed by atoms with van der Waals surface area (Å²) >= 11 is 3.38. The topological polar surface area (TPSA) is 46.4 Å². The molecule has 0 spiro atoms. The Kier molecular flexibility index (Phi) is 3.28. The molecule has 0 unspecified atom stereocenters. The molecule has 20 heavy (non-hydrogen) atoms. The molecule has 5 heteroatoms. The van der Waals surface area contributed by atoms with Crippen LogP contribution in [-0.4, -0.2) is 15.3 Å². The molecule has 1 amide bonds. The smallest absolute Gasteiger partial charge is 0.257 e. The van der Waals surface area contributed by atoms with Gasteiger partial charge in [0.2, 0.25) is 0 Å². The van der Waals surface area contributed by atoms with Crippen LogP contribution in [0.4, 0.5) is 5.69 Å². The fourth-order valence-electron chi connectivity index (χ4n) is 2.02. The minimum absolute atomic E-state index is 0.142. The van der Waals surface area contributed by atoms with Gasteiger partial charge in [-0.15, -0.1) is 0 Å². The molecule has 3 aromatic rings. The van der Waals surface area contributed by atoms with Gasteiger partial charge in [0.15, 0.2) is 0 Å². The second-order valence-corrected chi connectivity index (χ2v) is 5.45. The fourth-order valence-corrected chi connectivity index (χ4v) is 2.42. The highest BCUT2D eigenvalue weighted by molar-refractivity contribution is 9.10. The van der Waals surface area contributed by atoms with E-state index in [4.69, 9.17) is 0 Å². The van der Waals surface area contributed by atoms with Crippen LogP contribution in [0.15, 0.2) is 53.3 Å². The molecule has 0 fully saturated rings. The standard InChI is InChI=1S/C15H12BrN3O/c1-10-8-19-9-11(5-6-14(19)17-10)15(20)18-13-4-2-3-12(16)7-13/h2-9H,1H3,(H,18,20). The van der Waals surface area contributed by atoms with Gasteiger partial charge in [0, 0.05) is 22.6 Å². The number of fused-ring (bicyclic) bond motifs is 1. The Hall–Kier alpha value is -2.14. The molecule has 2 heterocycles. The van der Waals surface area contributed by atoms with Gasteiger partial charge in [-0.1, -0.05) is 22.0 Å². The normalized spacial score (nSPS) is 10.7. The number of pyridine rings is 1. The number of aromatic nitrogens is 2. The number of benzene rings is 1. The molecule has 0 saturated heterocycles. The number of nitrogens with zero attached hydrogens (tertiary/aromatic N) is 2. The number of carbonyl (C=O) groups excluding carboxylic acids is 1. The molecular formula is C15H12BrN3O. The Labute approximate surface area is 124 Å². The zero-order valence-corrected chi connectivity index (χ0v) is 12.4. The zero-order chi connectivity index (χ0) is 14.1. The summed E-state index contributed by atoms with van der Waals surface area (Å²) < 4.78 is 2.78. The van der Waals surface area contributed by atoms with Crippen LogP contribution in [0, 0.1) is 6.92 Å². The number of anilines is 1.